The predicted octanol–water partition coefficient (Wildman–Crippen LogP) is 2.61. The fourth-order valence-electron chi connectivity index (χ4n) is 2.29. The van der Waals surface area contributed by atoms with Crippen molar-refractivity contribution in [2.24, 2.45) is 11.8 Å². The van der Waals surface area contributed by atoms with Crippen molar-refractivity contribution in [3.63, 3.8) is 0 Å². The van der Waals surface area contributed by atoms with Gasteiger partial charge in [0.15, 0.2) is 0 Å². The van der Waals surface area contributed by atoms with Gasteiger partial charge in [-0.2, -0.15) is 0 Å². The largest absolute Gasteiger partial charge is 0.316 e. The van der Waals surface area contributed by atoms with Crippen LogP contribution >= 0.6 is 0 Å². The Morgan fingerprint density at radius 1 is 1.33 bits per heavy atom. The molecule has 1 aromatic rings. The Hall–Kier alpha value is -0.890. The molecule has 0 spiro atoms. The molecule has 1 nitrogen and oxygen atoms in total. The molecular formula is C13H18FN. The van der Waals surface area contributed by atoms with Crippen LogP contribution in [0.4, 0.5) is 4.39 Å². The van der Waals surface area contributed by atoms with Gasteiger partial charge in [0, 0.05) is 0 Å². The molecule has 1 saturated heterocycles. The summed E-state index contributed by atoms with van der Waals surface area (Å²) in [7, 11) is 0. The van der Waals surface area contributed by atoms with E-state index in [2.05, 4.69) is 12.2 Å². The summed E-state index contributed by atoms with van der Waals surface area (Å²) in [6, 6.07) is 6.93. The summed E-state index contributed by atoms with van der Waals surface area (Å²) in [6.07, 6.45) is 2.32. The summed E-state index contributed by atoms with van der Waals surface area (Å²) < 4.78 is 12.7. The third-order valence-corrected chi connectivity index (χ3v) is 3.37. The Balaban J connectivity index is 1.98. The zero-order valence-corrected chi connectivity index (χ0v) is 9.17. The van der Waals surface area contributed by atoms with Gasteiger partial charge < -0.3 is 5.32 Å². The van der Waals surface area contributed by atoms with Gasteiger partial charge in [-0.3, -0.25) is 0 Å². The molecule has 2 rings (SSSR count). The van der Waals surface area contributed by atoms with Crippen LogP contribution in [0.3, 0.4) is 0 Å². The van der Waals surface area contributed by atoms with Crippen LogP contribution in [-0.2, 0) is 6.42 Å². The van der Waals surface area contributed by atoms with Crippen molar-refractivity contribution in [3.8, 4) is 0 Å². The monoisotopic (exact) mass is 207 g/mol. The summed E-state index contributed by atoms with van der Waals surface area (Å²) in [4.78, 5) is 0. The minimum atomic E-state index is -0.142. The van der Waals surface area contributed by atoms with Gasteiger partial charge in [-0.15, -0.1) is 0 Å². The van der Waals surface area contributed by atoms with Crippen LogP contribution in [0.25, 0.3) is 0 Å². The molecule has 0 aromatic heterocycles. The molecule has 2 atom stereocenters. The Labute approximate surface area is 90.7 Å². The first-order valence-corrected chi connectivity index (χ1v) is 5.71. The molecule has 0 bridgehead atoms. The number of hydrogen-bond acceptors (Lipinski definition) is 1. The summed E-state index contributed by atoms with van der Waals surface area (Å²) >= 11 is 0. The van der Waals surface area contributed by atoms with Crippen LogP contribution in [0.1, 0.15) is 18.9 Å². The molecule has 1 heterocycles. The lowest BCUT2D eigenvalue weighted by Crippen LogP contribution is -2.35. The highest BCUT2D eigenvalue weighted by Crippen LogP contribution is 2.23. The van der Waals surface area contributed by atoms with E-state index in [0.717, 1.165) is 31.3 Å². The zero-order chi connectivity index (χ0) is 10.7. The molecule has 0 saturated carbocycles. The first kappa shape index (κ1) is 10.6. The highest BCUT2D eigenvalue weighted by atomic mass is 19.1. The Morgan fingerprint density at radius 3 is 2.73 bits per heavy atom. The highest BCUT2D eigenvalue weighted by molar-refractivity contribution is 5.16. The average molecular weight is 207 g/mol. The van der Waals surface area contributed by atoms with Gasteiger partial charge in [0.2, 0.25) is 0 Å². The molecule has 0 aliphatic carbocycles. The molecule has 15 heavy (non-hydrogen) atoms. The van der Waals surface area contributed by atoms with E-state index in [0.29, 0.717) is 0 Å². The summed E-state index contributed by atoms with van der Waals surface area (Å²) in [5.74, 6) is 1.33. The van der Waals surface area contributed by atoms with E-state index in [1.54, 1.807) is 12.1 Å². The van der Waals surface area contributed by atoms with Crippen LogP contribution in [0.2, 0.25) is 0 Å². The standard InChI is InChI=1S/C13H18FN/c1-10-9-15-7-6-12(10)8-11-2-4-13(14)5-3-11/h2-5,10,12,15H,6-9H2,1H3. The minimum absolute atomic E-state index is 0.142. The number of nitrogens with one attached hydrogen (secondary N) is 1. The molecule has 1 aliphatic heterocycles. The van der Waals surface area contributed by atoms with Crippen molar-refractivity contribution in [2.45, 2.75) is 19.8 Å². The SMILES string of the molecule is CC1CNCCC1Cc1ccc(F)cc1. The third kappa shape index (κ3) is 2.78. The Morgan fingerprint density at radius 2 is 2.07 bits per heavy atom. The van der Waals surface area contributed by atoms with Crippen LogP contribution < -0.4 is 5.32 Å². The average Bonchev–Trinajstić information content (AvgIpc) is 2.25. The van der Waals surface area contributed by atoms with E-state index >= 15 is 0 Å². The highest BCUT2D eigenvalue weighted by Gasteiger charge is 2.20. The van der Waals surface area contributed by atoms with E-state index < -0.39 is 0 Å². The molecule has 82 valence electrons. The van der Waals surface area contributed by atoms with Gasteiger partial charge >= 0.3 is 0 Å². The fourth-order valence-corrected chi connectivity index (χ4v) is 2.29. The smallest absolute Gasteiger partial charge is 0.123 e. The second kappa shape index (κ2) is 4.75. The summed E-state index contributed by atoms with van der Waals surface area (Å²) in [5, 5.41) is 3.40. The Kier molecular flexibility index (Phi) is 3.37. The van der Waals surface area contributed by atoms with Crippen LogP contribution in [0.15, 0.2) is 24.3 Å². The number of rotatable bonds is 2. The zero-order valence-electron chi connectivity index (χ0n) is 9.17. The fraction of sp³-hybridized carbons (Fsp3) is 0.538. The van der Waals surface area contributed by atoms with E-state index in [1.807, 2.05) is 12.1 Å². The van der Waals surface area contributed by atoms with Crippen molar-refractivity contribution in [3.05, 3.63) is 35.6 Å². The van der Waals surface area contributed by atoms with E-state index in [1.165, 1.54) is 12.0 Å². The van der Waals surface area contributed by atoms with Crippen molar-refractivity contribution in [1.29, 1.82) is 0 Å². The van der Waals surface area contributed by atoms with Gasteiger partial charge in [0.25, 0.3) is 0 Å². The number of benzene rings is 1. The topological polar surface area (TPSA) is 12.0 Å². The second-order valence-electron chi connectivity index (χ2n) is 4.56. The molecule has 1 aromatic carbocycles. The molecule has 2 heteroatoms. The molecule has 1 aliphatic rings. The van der Waals surface area contributed by atoms with Gasteiger partial charge in [-0.05, 0) is 55.5 Å². The molecular weight excluding hydrogens is 189 g/mol. The van der Waals surface area contributed by atoms with Gasteiger partial charge in [0.1, 0.15) is 5.82 Å². The van der Waals surface area contributed by atoms with Gasteiger partial charge in [0.05, 0.1) is 0 Å². The lowest BCUT2D eigenvalue weighted by molar-refractivity contribution is 0.272. The number of hydrogen-bond donors (Lipinski definition) is 1. The second-order valence-corrected chi connectivity index (χ2v) is 4.56. The van der Waals surface area contributed by atoms with E-state index in [4.69, 9.17) is 0 Å². The predicted molar refractivity (Wildman–Crippen MR) is 60.2 cm³/mol. The summed E-state index contributed by atoms with van der Waals surface area (Å²) in [6.45, 7) is 4.53. The third-order valence-electron chi connectivity index (χ3n) is 3.37. The first-order chi connectivity index (χ1) is 7.25. The van der Waals surface area contributed by atoms with Crippen LogP contribution in [0.5, 0.6) is 0 Å². The van der Waals surface area contributed by atoms with Crippen LogP contribution in [0, 0.1) is 17.7 Å². The molecule has 0 amide bonds. The van der Waals surface area contributed by atoms with Crippen LogP contribution in [-0.4, -0.2) is 13.1 Å². The van der Waals surface area contributed by atoms with Crippen molar-refractivity contribution in [2.75, 3.05) is 13.1 Å². The first-order valence-electron chi connectivity index (χ1n) is 5.71. The Bertz CT molecular complexity index is 307. The lowest BCUT2D eigenvalue weighted by Gasteiger charge is -2.29. The molecule has 1 N–H and O–H groups in total. The van der Waals surface area contributed by atoms with Crippen molar-refractivity contribution >= 4 is 0 Å². The normalized spacial score (nSPS) is 26.5. The quantitative estimate of drug-likeness (QED) is 0.786. The van der Waals surface area contributed by atoms with Crippen molar-refractivity contribution in [1.82, 2.24) is 5.32 Å². The van der Waals surface area contributed by atoms with Crippen molar-refractivity contribution < 1.29 is 4.39 Å². The number of piperidine rings is 1. The van der Waals surface area contributed by atoms with Gasteiger partial charge in [-0.25, -0.2) is 4.39 Å². The maximum absolute atomic E-state index is 12.7. The van der Waals surface area contributed by atoms with Gasteiger partial charge in [-0.1, -0.05) is 19.1 Å². The number of halogens is 1. The maximum atomic E-state index is 12.7. The summed E-state index contributed by atoms with van der Waals surface area (Å²) in [5.41, 5.74) is 1.26. The minimum Gasteiger partial charge on any atom is -0.316 e. The maximum Gasteiger partial charge on any atom is 0.123 e. The molecule has 2 unspecified atom stereocenters. The lowest BCUT2D eigenvalue weighted by atomic mass is 9.83. The molecule has 0 radical (unpaired) electrons. The molecule has 1 fully saturated rings. The van der Waals surface area contributed by atoms with E-state index in [-0.39, 0.29) is 5.82 Å². The van der Waals surface area contributed by atoms with E-state index in [9.17, 15) is 4.39 Å².